The molecule has 2 aromatic rings. The molecule has 0 aliphatic rings. The molecular formula is C19H20O5. The molecule has 0 spiro atoms. The standard InChI is InChI=1S/C19H20O5/c1-21-16-11-9-15(18(22-2)19(16)23-3)10-12-17(20)24-13-14-7-5-4-6-8-14/h4-12H,13H2,1-3H3/b12-10+. The maximum absolute atomic E-state index is 11.9. The van der Waals surface area contributed by atoms with Gasteiger partial charge in [0.15, 0.2) is 11.5 Å². The van der Waals surface area contributed by atoms with E-state index in [1.165, 1.54) is 20.3 Å². The van der Waals surface area contributed by atoms with Gasteiger partial charge in [-0.2, -0.15) is 0 Å². The summed E-state index contributed by atoms with van der Waals surface area (Å²) in [6.45, 7) is 0.229. The quantitative estimate of drug-likeness (QED) is 0.575. The van der Waals surface area contributed by atoms with Gasteiger partial charge in [-0.3, -0.25) is 0 Å². The number of hydrogen-bond donors (Lipinski definition) is 0. The third-order valence-corrected chi connectivity index (χ3v) is 3.36. The average Bonchev–Trinajstić information content (AvgIpc) is 2.64. The minimum absolute atomic E-state index is 0.229. The Labute approximate surface area is 141 Å². The number of ether oxygens (including phenoxy) is 4. The van der Waals surface area contributed by atoms with Crippen LogP contribution in [0, 0.1) is 0 Å². The van der Waals surface area contributed by atoms with Crippen LogP contribution in [-0.2, 0) is 16.1 Å². The average molecular weight is 328 g/mol. The minimum atomic E-state index is -0.435. The van der Waals surface area contributed by atoms with E-state index in [4.69, 9.17) is 18.9 Å². The van der Waals surface area contributed by atoms with Crippen LogP contribution in [0.5, 0.6) is 17.2 Å². The van der Waals surface area contributed by atoms with E-state index in [-0.39, 0.29) is 6.61 Å². The first-order chi connectivity index (χ1) is 11.7. The predicted molar refractivity (Wildman–Crippen MR) is 91.4 cm³/mol. The topological polar surface area (TPSA) is 54.0 Å². The number of methoxy groups -OCH3 is 3. The summed E-state index contributed by atoms with van der Waals surface area (Å²) >= 11 is 0. The Morgan fingerprint density at radius 1 is 0.917 bits per heavy atom. The highest BCUT2D eigenvalue weighted by Crippen LogP contribution is 2.40. The summed E-state index contributed by atoms with van der Waals surface area (Å²) in [5, 5.41) is 0. The van der Waals surface area contributed by atoms with Crippen molar-refractivity contribution < 1.29 is 23.7 Å². The van der Waals surface area contributed by atoms with E-state index in [1.54, 1.807) is 25.3 Å². The third-order valence-electron chi connectivity index (χ3n) is 3.36. The van der Waals surface area contributed by atoms with Crippen LogP contribution in [0.1, 0.15) is 11.1 Å². The Bertz CT molecular complexity index is 707. The van der Waals surface area contributed by atoms with Gasteiger partial charge in [0, 0.05) is 11.6 Å². The monoisotopic (exact) mass is 328 g/mol. The van der Waals surface area contributed by atoms with Crippen molar-refractivity contribution in [1.29, 1.82) is 0 Å². The number of carbonyl (C=O) groups excluding carboxylic acids is 1. The molecule has 0 atom stereocenters. The molecule has 24 heavy (non-hydrogen) atoms. The second-order valence-corrected chi connectivity index (χ2v) is 4.85. The van der Waals surface area contributed by atoms with Crippen molar-refractivity contribution in [3.8, 4) is 17.2 Å². The molecule has 0 radical (unpaired) electrons. The molecular weight excluding hydrogens is 308 g/mol. The third kappa shape index (κ3) is 4.29. The highest BCUT2D eigenvalue weighted by Gasteiger charge is 2.14. The summed E-state index contributed by atoms with van der Waals surface area (Å²) in [6.07, 6.45) is 2.97. The summed E-state index contributed by atoms with van der Waals surface area (Å²) in [7, 11) is 4.61. The van der Waals surface area contributed by atoms with Crippen molar-refractivity contribution in [3.05, 3.63) is 59.7 Å². The first-order valence-electron chi connectivity index (χ1n) is 7.37. The summed E-state index contributed by atoms with van der Waals surface area (Å²) in [5.41, 5.74) is 1.62. The number of hydrogen-bond acceptors (Lipinski definition) is 5. The molecule has 2 aromatic carbocycles. The van der Waals surface area contributed by atoms with Crippen molar-refractivity contribution in [1.82, 2.24) is 0 Å². The number of carbonyl (C=O) groups is 1. The van der Waals surface area contributed by atoms with Crippen LogP contribution >= 0.6 is 0 Å². The highest BCUT2D eigenvalue weighted by atomic mass is 16.5. The number of esters is 1. The van der Waals surface area contributed by atoms with E-state index >= 15 is 0 Å². The molecule has 0 bridgehead atoms. The fourth-order valence-corrected chi connectivity index (χ4v) is 2.19. The second-order valence-electron chi connectivity index (χ2n) is 4.85. The van der Waals surface area contributed by atoms with Crippen molar-refractivity contribution in [3.63, 3.8) is 0 Å². The van der Waals surface area contributed by atoms with E-state index in [1.807, 2.05) is 30.3 Å². The number of benzene rings is 2. The van der Waals surface area contributed by atoms with Crippen LogP contribution in [-0.4, -0.2) is 27.3 Å². The van der Waals surface area contributed by atoms with Crippen LogP contribution in [0.3, 0.4) is 0 Å². The zero-order valence-electron chi connectivity index (χ0n) is 13.9. The van der Waals surface area contributed by atoms with E-state index < -0.39 is 5.97 Å². The molecule has 5 nitrogen and oxygen atoms in total. The smallest absolute Gasteiger partial charge is 0.331 e. The lowest BCUT2D eigenvalue weighted by molar-refractivity contribution is -0.138. The second kappa shape index (κ2) is 8.62. The summed E-state index contributed by atoms with van der Waals surface area (Å²) in [6, 6.07) is 13.0. The molecule has 0 unspecified atom stereocenters. The van der Waals surface area contributed by atoms with Crippen LogP contribution in [0.15, 0.2) is 48.5 Å². The normalized spacial score (nSPS) is 10.5. The zero-order valence-corrected chi connectivity index (χ0v) is 13.9. The van der Waals surface area contributed by atoms with Crippen LogP contribution in [0.2, 0.25) is 0 Å². The van der Waals surface area contributed by atoms with E-state index in [0.29, 0.717) is 22.8 Å². The largest absolute Gasteiger partial charge is 0.493 e. The van der Waals surface area contributed by atoms with Crippen LogP contribution < -0.4 is 14.2 Å². The molecule has 0 fully saturated rings. The van der Waals surface area contributed by atoms with E-state index in [0.717, 1.165) is 5.56 Å². The molecule has 0 aromatic heterocycles. The lowest BCUT2D eigenvalue weighted by atomic mass is 10.1. The molecule has 0 aliphatic carbocycles. The van der Waals surface area contributed by atoms with Crippen molar-refractivity contribution in [2.45, 2.75) is 6.61 Å². The fraction of sp³-hybridized carbons (Fsp3) is 0.211. The Hall–Kier alpha value is -2.95. The molecule has 0 N–H and O–H groups in total. The SMILES string of the molecule is COc1ccc(/C=C/C(=O)OCc2ccccc2)c(OC)c1OC. The van der Waals surface area contributed by atoms with Gasteiger partial charge in [0.1, 0.15) is 6.61 Å². The van der Waals surface area contributed by atoms with Crippen LogP contribution in [0.25, 0.3) is 6.08 Å². The maximum Gasteiger partial charge on any atom is 0.331 e. The Kier molecular flexibility index (Phi) is 6.25. The van der Waals surface area contributed by atoms with Gasteiger partial charge in [0.25, 0.3) is 0 Å². The predicted octanol–water partition coefficient (Wildman–Crippen LogP) is 3.47. The van der Waals surface area contributed by atoms with Gasteiger partial charge in [-0.05, 0) is 23.8 Å². The highest BCUT2D eigenvalue weighted by molar-refractivity contribution is 5.88. The Morgan fingerprint density at radius 2 is 1.62 bits per heavy atom. The van der Waals surface area contributed by atoms with E-state index in [9.17, 15) is 4.79 Å². The lowest BCUT2D eigenvalue weighted by Gasteiger charge is -2.13. The van der Waals surface area contributed by atoms with Gasteiger partial charge in [-0.15, -0.1) is 0 Å². The minimum Gasteiger partial charge on any atom is -0.493 e. The van der Waals surface area contributed by atoms with Crippen molar-refractivity contribution in [2.24, 2.45) is 0 Å². The molecule has 0 aliphatic heterocycles. The molecule has 0 saturated heterocycles. The van der Waals surface area contributed by atoms with Crippen LogP contribution in [0.4, 0.5) is 0 Å². The van der Waals surface area contributed by atoms with Gasteiger partial charge in [0.2, 0.25) is 5.75 Å². The van der Waals surface area contributed by atoms with Gasteiger partial charge in [-0.25, -0.2) is 4.79 Å². The molecule has 2 rings (SSSR count). The van der Waals surface area contributed by atoms with Gasteiger partial charge < -0.3 is 18.9 Å². The number of rotatable bonds is 7. The van der Waals surface area contributed by atoms with Gasteiger partial charge in [-0.1, -0.05) is 30.3 Å². The van der Waals surface area contributed by atoms with Gasteiger partial charge in [0.05, 0.1) is 21.3 Å². The lowest BCUT2D eigenvalue weighted by Crippen LogP contribution is -2.01. The molecule has 126 valence electrons. The summed E-state index contributed by atoms with van der Waals surface area (Å²) in [5.74, 6) is 1.08. The fourth-order valence-electron chi connectivity index (χ4n) is 2.19. The summed E-state index contributed by atoms with van der Waals surface area (Å²) in [4.78, 5) is 11.9. The first kappa shape index (κ1) is 17.4. The Morgan fingerprint density at radius 3 is 2.25 bits per heavy atom. The zero-order chi connectivity index (χ0) is 17.4. The van der Waals surface area contributed by atoms with Crippen molar-refractivity contribution in [2.75, 3.05) is 21.3 Å². The van der Waals surface area contributed by atoms with Gasteiger partial charge >= 0.3 is 5.97 Å². The van der Waals surface area contributed by atoms with E-state index in [2.05, 4.69) is 0 Å². The first-order valence-corrected chi connectivity index (χ1v) is 7.37. The Balaban J connectivity index is 2.09. The molecule has 0 heterocycles. The molecule has 5 heteroatoms. The molecule has 0 amide bonds. The molecule has 0 saturated carbocycles. The van der Waals surface area contributed by atoms with Crippen molar-refractivity contribution >= 4 is 12.0 Å². The maximum atomic E-state index is 11.9. The summed E-state index contributed by atoms with van der Waals surface area (Å²) < 4.78 is 21.1.